The van der Waals surface area contributed by atoms with Crippen molar-refractivity contribution >= 4 is 33.1 Å². The number of nitrogen functional groups attached to an aromatic ring is 1. The van der Waals surface area contributed by atoms with E-state index in [9.17, 15) is 5.26 Å². The van der Waals surface area contributed by atoms with E-state index in [1.54, 1.807) is 11.3 Å². The molecule has 2 heterocycles. The molecule has 0 spiro atoms. The molecular weight excluding hydrogens is 358 g/mol. The average Bonchev–Trinajstić information content (AvgIpc) is 2.92. The van der Waals surface area contributed by atoms with Crippen LogP contribution in [0.3, 0.4) is 0 Å². The number of fused-ring (bicyclic) bond motifs is 1. The Morgan fingerprint density at radius 1 is 1.50 bits per heavy atom. The lowest BCUT2D eigenvalue weighted by Gasteiger charge is -2.26. The van der Waals surface area contributed by atoms with Crippen molar-refractivity contribution in [1.82, 2.24) is 4.98 Å². The van der Waals surface area contributed by atoms with Crippen molar-refractivity contribution < 1.29 is 0 Å². The quantitative estimate of drug-likeness (QED) is 0.826. The minimum Gasteiger partial charge on any atom is -0.383 e. The lowest BCUT2D eigenvalue weighted by atomic mass is 9.81. The first-order chi connectivity index (χ1) is 10.6. The van der Waals surface area contributed by atoms with E-state index in [0.29, 0.717) is 17.3 Å². The van der Waals surface area contributed by atoms with Crippen LogP contribution in [0.1, 0.15) is 43.0 Å². The Balaban J connectivity index is 2.18. The van der Waals surface area contributed by atoms with Crippen LogP contribution in [0.5, 0.6) is 0 Å². The van der Waals surface area contributed by atoms with Gasteiger partial charge in [0.25, 0.3) is 0 Å². The van der Waals surface area contributed by atoms with Gasteiger partial charge in [-0.1, -0.05) is 19.8 Å². The van der Waals surface area contributed by atoms with Crippen LogP contribution >= 0.6 is 27.3 Å². The monoisotopic (exact) mass is 375 g/mol. The molecule has 22 heavy (non-hydrogen) atoms. The Bertz CT molecular complexity index is 745. The molecule has 5 heteroatoms. The highest BCUT2D eigenvalue weighted by molar-refractivity contribution is 9.11. The second-order valence-corrected chi connectivity index (χ2v) is 8.25. The van der Waals surface area contributed by atoms with Crippen molar-refractivity contribution in [2.75, 3.05) is 5.73 Å². The summed E-state index contributed by atoms with van der Waals surface area (Å²) in [5.74, 6) is 1.06. The van der Waals surface area contributed by atoms with Crippen LogP contribution in [0.4, 0.5) is 5.82 Å². The fraction of sp³-hybridized carbons (Fsp3) is 0.412. The molecule has 0 radical (unpaired) electrons. The number of hydrogen-bond donors (Lipinski definition) is 1. The van der Waals surface area contributed by atoms with Crippen molar-refractivity contribution in [1.29, 1.82) is 5.26 Å². The van der Waals surface area contributed by atoms with Gasteiger partial charge in [-0.05, 0) is 58.8 Å². The molecule has 0 aromatic carbocycles. The number of rotatable bonds is 3. The molecule has 1 unspecified atom stereocenters. The molecule has 114 valence electrons. The summed E-state index contributed by atoms with van der Waals surface area (Å²) in [7, 11) is 0. The van der Waals surface area contributed by atoms with E-state index in [2.05, 4.69) is 40.0 Å². The van der Waals surface area contributed by atoms with Crippen LogP contribution in [0.2, 0.25) is 0 Å². The normalized spacial score (nSPS) is 17.0. The summed E-state index contributed by atoms with van der Waals surface area (Å²) in [5, 5.41) is 9.56. The molecule has 0 fully saturated rings. The second-order valence-electron chi connectivity index (χ2n) is 5.79. The molecular formula is C17H18BrN3S. The van der Waals surface area contributed by atoms with E-state index < -0.39 is 0 Å². The fourth-order valence-corrected chi connectivity index (χ4v) is 4.80. The summed E-state index contributed by atoms with van der Waals surface area (Å²) in [6.45, 7) is 2.23. The summed E-state index contributed by atoms with van der Waals surface area (Å²) in [4.78, 5) is 5.62. The molecule has 1 aliphatic carbocycles. The van der Waals surface area contributed by atoms with Crippen LogP contribution in [-0.4, -0.2) is 4.98 Å². The number of aryl methyl sites for hydroxylation is 1. The first-order valence-corrected chi connectivity index (χ1v) is 9.22. The summed E-state index contributed by atoms with van der Waals surface area (Å²) in [6, 6.07) is 6.36. The van der Waals surface area contributed by atoms with Crippen LogP contribution in [-0.2, 0) is 12.8 Å². The highest BCUT2D eigenvalue weighted by Crippen LogP contribution is 2.41. The largest absolute Gasteiger partial charge is 0.383 e. The Labute approximate surface area is 143 Å². The van der Waals surface area contributed by atoms with Gasteiger partial charge in [0, 0.05) is 16.1 Å². The van der Waals surface area contributed by atoms with Gasteiger partial charge >= 0.3 is 0 Å². The zero-order valence-electron chi connectivity index (χ0n) is 12.5. The third kappa shape index (κ3) is 2.78. The molecule has 0 amide bonds. The maximum Gasteiger partial charge on any atom is 0.142 e. The van der Waals surface area contributed by atoms with Crippen molar-refractivity contribution in [2.24, 2.45) is 5.92 Å². The SMILES string of the molecule is CCCC1CCc2nc(N)c(C#N)c(-c3ccc(Br)s3)c2C1. The number of pyridine rings is 1. The highest BCUT2D eigenvalue weighted by Gasteiger charge is 2.26. The molecule has 0 aliphatic heterocycles. The zero-order valence-corrected chi connectivity index (χ0v) is 14.9. The predicted molar refractivity (Wildman–Crippen MR) is 94.8 cm³/mol. The number of nitrogens with zero attached hydrogens (tertiary/aromatic N) is 2. The average molecular weight is 376 g/mol. The van der Waals surface area contributed by atoms with Crippen LogP contribution in [0, 0.1) is 17.2 Å². The van der Waals surface area contributed by atoms with Crippen LogP contribution < -0.4 is 5.73 Å². The maximum absolute atomic E-state index is 9.56. The van der Waals surface area contributed by atoms with E-state index in [1.165, 1.54) is 24.8 Å². The van der Waals surface area contributed by atoms with Gasteiger partial charge in [-0.3, -0.25) is 0 Å². The Hall–Kier alpha value is -1.38. The minimum absolute atomic E-state index is 0.370. The van der Waals surface area contributed by atoms with Crippen molar-refractivity contribution in [3.05, 3.63) is 32.7 Å². The minimum atomic E-state index is 0.370. The van der Waals surface area contributed by atoms with Crippen molar-refractivity contribution in [3.63, 3.8) is 0 Å². The number of nitrogens with two attached hydrogens (primary N) is 1. The Kier molecular flexibility index (Phi) is 4.51. The number of halogens is 1. The maximum atomic E-state index is 9.56. The summed E-state index contributed by atoms with van der Waals surface area (Å²) in [6.07, 6.45) is 5.59. The van der Waals surface area contributed by atoms with Gasteiger partial charge in [0.05, 0.1) is 3.79 Å². The van der Waals surface area contributed by atoms with Crippen LogP contribution in [0.15, 0.2) is 15.9 Å². The van der Waals surface area contributed by atoms with Gasteiger partial charge in [0.1, 0.15) is 17.5 Å². The Morgan fingerprint density at radius 3 is 2.95 bits per heavy atom. The van der Waals surface area contributed by atoms with E-state index in [1.807, 2.05) is 6.07 Å². The smallest absolute Gasteiger partial charge is 0.142 e. The van der Waals surface area contributed by atoms with Gasteiger partial charge in [-0.25, -0.2) is 4.98 Å². The lowest BCUT2D eigenvalue weighted by molar-refractivity contribution is 0.419. The summed E-state index contributed by atoms with van der Waals surface area (Å²) < 4.78 is 1.07. The van der Waals surface area contributed by atoms with Gasteiger partial charge in [0.2, 0.25) is 0 Å². The first kappa shape index (κ1) is 15.5. The summed E-state index contributed by atoms with van der Waals surface area (Å²) >= 11 is 5.16. The Morgan fingerprint density at radius 2 is 2.32 bits per heavy atom. The number of aromatic nitrogens is 1. The van der Waals surface area contributed by atoms with Gasteiger partial charge in [-0.2, -0.15) is 5.26 Å². The number of hydrogen-bond acceptors (Lipinski definition) is 4. The predicted octanol–water partition coefficient (Wildman–Crippen LogP) is 4.93. The molecule has 2 aromatic rings. The van der Waals surface area contributed by atoms with Crippen LogP contribution in [0.25, 0.3) is 10.4 Å². The second kappa shape index (κ2) is 6.39. The molecule has 1 aliphatic rings. The van der Waals surface area contributed by atoms with E-state index >= 15 is 0 Å². The van der Waals surface area contributed by atoms with Crippen molar-refractivity contribution in [2.45, 2.75) is 39.0 Å². The van der Waals surface area contributed by atoms with Gasteiger partial charge < -0.3 is 5.73 Å². The van der Waals surface area contributed by atoms with Gasteiger partial charge in [-0.15, -0.1) is 11.3 Å². The standard InChI is InChI=1S/C17H18BrN3S/c1-2-3-10-4-5-13-11(8-10)16(12(9-19)17(20)21-13)14-6-7-15(18)22-14/h6-7,10H,2-5,8H2,1H3,(H2,20,21). The first-order valence-electron chi connectivity index (χ1n) is 7.61. The highest BCUT2D eigenvalue weighted by atomic mass is 79.9. The third-order valence-corrected chi connectivity index (χ3v) is 5.96. The third-order valence-electron chi connectivity index (χ3n) is 4.32. The van der Waals surface area contributed by atoms with Crippen molar-refractivity contribution in [3.8, 4) is 16.5 Å². The molecule has 3 nitrogen and oxygen atoms in total. The number of nitriles is 1. The molecule has 2 N–H and O–H groups in total. The van der Waals surface area contributed by atoms with Gasteiger partial charge in [0.15, 0.2) is 0 Å². The number of thiophene rings is 1. The molecule has 0 saturated heterocycles. The van der Waals surface area contributed by atoms with E-state index in [0.717, 1.165) is 32.8 Å². The van der Waals surface area contributed by atoms with E-state index in [4.69, 9.17) is 5.73 Å². The molecule has 2 aromatic heterocycles. The zero-order chi connectivity index (χ0) is 15.7. The molecule has 0 bridgehead atoms. The molecule has 1 atom stereocenters. The fourth-order valence-electron chi connectivity index (χ4n) is 3.34. The molecule has 3 rings (SSSR count). The summed E-state index contributed by atoms with van der Waals surface area (Å²) in [5.41, 5.74) is 9.93. The lowest BCUT2D eigenvalue weighted by Crippen LogP contribution is -2.18. The topological polar surface area (TPSA) is 62.7 Å². The molecule has 0 saturated carbocycles. The number of anilines is 1. The van der Waals surface area contributed by atoms with E-state index in [-0.39, 0.29) is 0 Å².